The molecule has 0 amide bonds. The molecule has 5 aromatic rings. The van der Waals surface area contributed by atoms with E-state index >= 15 is 0 Å². The lowest BCUT2D eigenvalue weighted by atomic mass is 9.87. The standard InChI is InChI=1S/C50H64N11O12P/c1-11-36-38(24-41(70-36)61-30-54-46(58-48(61)64)53-28-59(9)10)73-74(65,68-22-12-21-51)69-26-39-37(72-42(62)27-67-35-19-15-33(16-20-35)50(6,7)8)23-40(71-39)60-29-52-43-44(60)56-47(57-45(43)63)55-31(2)25-66-34-17-13-32(14-18-34)49(3,4)5/h13-20,28-30,36-41H,2,11-12,22-27H2,1,3-10H3,(H2,55,56,57,63)/t36-,37-,38-,39-,40-,41-,74?/m1/s1. The molecule has 2 aromatic carbocycles. The van der Waals surface area contributed by atoms with Gasteiger partial charge in [0.2, 0.25) is 5.95 Å². The normalized spacial score (nSPS) is 20.8. The van der Waals surface area contributed by atoms with Crippen molar-refractivity contribution in [3.63, 3.8) is 0 Å². The lowest BCUT2D eigenvalue weighted by Gasteiger charge is -2.25. The Balaban J connectivity index is 1.09. The van der Waals surface area contributed by atoms with E-state index in [1.807, 2.05) is 49.4 Å². The molecular formula is C50H64N11O12P. The number of anilines is 1. The van der Waals surface area contributed by atoms with Crippen LogP contribution >= 0.6 is 7.82 Å². The maximum absolute atomic E-state index is 14.6. The second kappa shape index (κ2) is 23.6. The summed E-state index contributed by atoms with van der Waals surface area (Å²) in [7, 11) is -1.07. The van der Waals surface area contributed by atoms with E-state index in [0.29, 0.717) is 23.6 Å². The molecule has 0 spiro atoms. The van der Waals surface area contributed by atoms with Crippen molar-refractivity contribution in [3.8, 4) is 17.6 Å². The van der Waals surface area contributed by atoms with Gasteiger partial charge in [-0.2, -0.15) is 15.2 Å². The van der Waals surface area contributed by atoms with Gasteiger partial charge in [-0.3, -0.25) is 32.5 Å². The predicted molar refractivity (Wildman–Crippen MR) is 272 cm³/mol. The number of aromatic amines is 1. The predicted octanol–water partition coefficient (Wildman–Crippen LogP) is 7.01. The zero-order valence-electron chi connectivity index (χ0n) is 43.1. The van der Waals surface area contributed by atoms with Crippen molar-refractivity contribution in [3.05, 3.63) is 105 Å². The van der Waals surface area contributed by atoms with Gasteiger partial charge in [0.1, 0.15) is 49.1 Å². The molecule has 23 nitrogen and oxygen atoms in total. The number of aromatic nitrogens is 7. The summed E-state index contributed by atoms with van der Waals surface area (Å²) in [6.45, 7) is 17.3. The number of nitrogens with one attached hydrogen (secondary N) is 2. The molecule has 2 N–H and O–H groups in total. The second-order valence-electron chi connectivity index (χ2n) is 19.9. The number of aliphatic imine (C=N–C) groups is 1. The number of phosphoric ester groups is 1. The van der Waals surface area contributed by atoms with Crippen molar-refractivity contribution < 1.29 is 46.6 Å². The van der Waals surface area contributed by atoms with Crippen LogP contribution in [0.5, 0.6) is 11.5 Å². The minimum atomic E-state index is -4.59. The first-order valence-electron chi connectivity index (χ1n) is 24.1. The molecular weight excluding hydrogens is 978 g/mol. The van der Waals surface area contributed by atoms with Gasteiger partial charge in [0.25, 0.3) is 11.5 Å². The van der Waals surface area contributed by atoms with Gasteiger partial charge < -0.3 is 33.9 Å². The number of esters is 1. The quantitative estimate of drug-likeness (QED) is 0.0232. The van der Waals surface area contributed by atoms with Crippen molar-refractivity contribution in [1.82, 2.24) is 39.0 Å². The second-order valence-corrected chi connectivity index (χ2v) is 21.6. The molecule has 396 valence electrons. The van der Waals surface area contributed by atoms with Gasteiger partial charge >= 0.3 is 19.5 Å². The Morgan fingerprint density at radius 3 is 2.12 bits per heavy atom. The number of ether oxygens (including phenoxy) is 5. The number of phosphoric acid groups is 1. The number of H-pyrrole nitrogens is 1. The van der Waals surface area contributed by atoms with Crippen molar-refractivity contribution in [2.75, 3.05) is 45.8 Å². The molecule has 0 radical (unpaired) electrons. The molecule has 3 aromatic heterocycles. The fourth-order valence-electron chi connectivity index (χ4n) is 7.90. The van der Waals surface area contributed by atoms with E-state index in [1.165, 1.54) is 28.1 Å². The third-order valence-corrected chi connectivity index (χ3v) is 13.3. The Kier molecular flexibility index (Phi) is 17.5. The van der Waals surface area contributed by atoms with Gasteiger partial charge in [0.15, 0.2) is 17.8 Å². The van der Waals surface area contributed by atoms with Crippen LogP contribution < -0.4 is 26.0 Å². The number of nitrogens with zero attached hydrogens (tertiary/aromatic N) is 9. The lowest BCUT2D eigenvalue weighted by molar-refractivity contribution is -0.155. The average Bonchev–Trinajstić information content (AvgIpc) is 4.08. The van der Waals surface area contributed by atoms with Crippen LogP contribution in [0.3, 0.4) is 0 Å². The van der Waals surface area contributed by atoms with Crippen LogP contribution in [-0.2, 0) is 48.0 Å². The summed E-state index contributed by atoms with van der Waals surface area (Å²) in [6, 6.07) is 17.1. The minimum Gasteiger partial charge on any atom is -0.487 e. The van der Waals surface area contributed by atoms with Crippen molar-refractivity contribution in [2.45, 2.75) is 122 Å². The van der Waals surface area contributed by atoms with E-state index in [-0.39, 0.29) is 66.4 Å². The van der Waals surface area contributed by atoms with Gasteiger partial charge in [-0.15, -0.1) is 0 Å². The maximum atomic E-state index is 14.6. The highest BCUT2D eigenvalue weighted by atomic mass is 31.2. The number of carbonyl (C=O) groups is 1. The molecule has 2 fully saturated rings. The molecule has 24 heteroatoms. The Labute approximate surface area is 428 Å². The summed E-state index contributed by atoms with van der Waals surface area (Å²) < 4.78 is 65.4. The molecule has 1 unspecified atom stereocenters. The Morgan fingerprint density at radius 1 is 0.905 bits per heavy atom. The first-order valence-corrected chi connectivity index (χ1v) is 25.6. The lowest BCUT2D eigenvalue weighted by Crippen LogP contribution is -2.33. The first kappa shape index (κ1) is 55.0. The number of imidazole rings is 1. The average molecular weight is 1040 g/mol. The molecule has 7 rings (SSSR count). The van der Waals surface area contributed by atoms with Gasteiger partial charge in [-0.05, 0) is 52.6 Å². The third kappa shape index (κ3) is 14.3. The summed E-state index contributed by atoms with van der Waals surface area (Å²) in [5.41, 5.74) is 1.39. The molecule has 74 heavy (non-hydrogen) atoms. The van der Waals surface area contributed by atoms with E-state index < -0.39 is 75.1 Å². The van der Waals surface area contributed by atoms with E-state index in [9.17, 15) is 24.2 Å². The van der Waals surface area contributed by atoms with Crippen LogP contribution in [0, 0.1) is 11.3 Å². The summed E-state index contributed by atoms with van der Waals surface area (Å²) in [4.78, 5) is 65.4. The molecule has 0 bridgehead atoms. The number of hydrogen-bond donors (Lipinski definition) is 2. The van der Waals surface area contributed by atoms with Crippen LogP contribution in [0.1, 0.15) is 97.7 Å². The Hall–Kier alpha value is -6.80. The molecule has 0 aliphatic carbocycles. The number of hydrogen-bond acceptors (Lipinski definition) is 19. The summed E-state index contributed by atoms with van der Waals surface area (Å²) in [5, 5.41) is 12.3. The SMILES string of the molecule is C=C(COc1ccc(C(C)(C)C)cc1)Nc1nc2c(ncn2[C@H]2C[C@@H](OC(=O)COc3ccc(C(C)(C)C)cc3)[C@@H](COP(=O)(OCCC#N)O[C@@H]3C[C@H](n4cnc(N=CN(C)C)nc4=O)O[C@@H]3CC)O2)c(=O)[nH]1. The molecule has 7 atom stereocenters. The number of fused-ring (bicyclic) bond motifs is 1. The summed E-state index contributed by atoms with van der Waals surface area (Å²) >= 11 is 0. The van der Waals surface area contributed by atoms with Gasteiger partial charge in [-0.25, -0.2) is 29.1 Å². The third-order valence-electron chi connectivity index (χ3n) is 11.8. The van der Waals surface area contributed by atoms with Crippen LogP contribution in [0.25, 0.3) is 11.2 Å². The number of rotatable bonds is 22. The van der Waals surface area contributed by atoms with Crippen LogP contribution in [0.2, 0.25) is 0 Å². The fraction of sp³-hybridized carbons (Fsp3) is 0.500. The monoisotopic (exact) mass is 1040 g/mol. The zero-order chi connectivity index (χ0) is 53.4. The molecule has 5 heterocycles. The van der Waals surface area contributed by atoms with Gasteiger partial charge in [-0.1, -0.05) is 79.3 Å². The number of nitriles is 1. The summed E-state index contributed by atoms with van der Waals surface area (Å²) in [6.07, 6.45) is -1.40. The molecule has 0 saturated carbocycles. The zero-order valence-corrected chi connectivity index (χ0v) is 43.9. The highest BCUT2D eigenvalue weighted by Gasteiger charge is 2.45. The maximum Gasteiger partial charge on any atom is 0.475 e. The highest BCUT2D eigenvalue weighted by Crippen LogP contribution is 2.54. The first-order chi connectivity index (χ1) is 35.1. The summed E-state index contributed by atoms with van der Waals surface area (Å²) in [5.74, 6) is 0.340. The number of carbonyl (C=O) groups excluding carboxylic acids is 1. The van der Waals surface area contributed by atoms with Crippen LogP contribution in [0.15, 0.2) is 88.0 Å². The Bertz CT molecular complexity index is 2990. The van der Waals surface area contributed by atoms with Crippen molar-refractivity contribution >= 4 is 43.2 Å². The van der Waals surface area contributed by atoms with Crippen LogP contribution in [-0.4, -0.2) is 116 Å². The van der Waals surface area contributed by atoms with Crippen molar-refractivity contribution in [1.29, 1.82) is 5.26 Å². The number of benzene rings is 2. The van der Waals surface area contributed by atoms with Gasteiger partial charge in [0, 0.05) is 32.6 Å². The Morgan fingerprint density at radius 2 is 1.51 bits per heavy atom. The van der Waals surface area contributed by atoms with E-state index in [0.717, 1.165) is 11.1 Å². The largest absolute Gasteiger partial charge is 0.487 e. The van der Waals surface area contributed by atoms with Crippen LogP contribution in [0.4, 0.5) is 11.9 Å². The molecule has 2 saturated heterocycles. The van der Waals surface area contributed by atoms with E-state index in [1.54, 1.807) is 31.1 Å². The molecule has 2 aliphatic rings. The van der Waals surface area contributed by atoms with E-state index in [2.05, 4.69) is 83.4 Å². The molecule has 2 aliphatic heterocycles. The topological polar surface area (TPSA) is 271 Å². The van der Waals surface area contributed by atoms with E-state index in [4.69, 9.17) is 37.3 Å². The van der Waals surface area contributed by atoms with Gasteiger partial charge in [0.05, 0.1) is 50.6 Å². The minimum absolute atomic E-state index is 0.00645. The van der Waals surface area contributed by atoms with Crippen molar-refractivity contribution in [2.24, 2.45) is 4.99 Å². The highest BCUT2D eigenvalue weighted by molar-refractivity contribution is 7.48. The fourth-order valence-corrected chi connectivity index (χ4v) is 9.30. The smallest absolute Gasteiger partial charge is 0.475 e.